The zero-order chi connectivity index (χ0) is 25.4. The number of carbonyl (C=O) groups is 5. The number of primary amides is 1. The van der Waals surface area contributed by atoms with Gasteiger partial charge in [0.2, 0.25) is 5.91 Å². The first kappa shape index (κ1) is 23.1. The van der Waals surface area contributed by atoms with E-state index in [1.807, 2.05) is 0 Å². The number of rotatable bonds is 3. The van der Waals surface area contributed by atoms with Crippen molar-refractivity contribution in [2.75, 3.05) is 14.1 Å². The average Bonchev–Trinajstić information content (AvgIpc) is 3.30. The molecule has 0 saturated heterocycles. The SMILES string of the molecule is CN(C)[C@H]1C(=O)C(C(N)=O)C(=O)[C@]2(O)C(=O)C3C(=O)c4c(O)ccc(-c5ccoc5)c4C[C@@H]3C[C@H]12. The lowest BCUT2D eigenvalue weighted by Crippen LogP contribution is -2.74. The maximum atomic E-state index is 13.7. The van der Waals surface area contributed by atoms with Gasteiger partial charge in [-0.3, -0.25) is 28.9 Å². The summed E-state index contributed by atoms with van der Waals surface area (Å²) in [4.78, 5) is 67.2. The fraction of sp³-hybridized carbons (Fsp3) is 0.400. The molecule has 6 atom stereocenters. The highest BCUT2D eigenvalue weighted by molar-refractivity contribution is 6.32. The molecule has 2 unspecified atom stereocenters. The van der Waals surface area contributed by atoms with Crippen molar-refractivity contribution in [1.29, 1.82) is 0 Å². The Kier molecular flexibility index (Phi) is 5.08. The Balaban J connectivity index is 1.67. The van der Waals surface area contributed by atoms with E-state index in [0.29, 0.717) is 16.7 Å². The molecule has 4 N–H and O–H groups in total. The summed E-state index contributed by atoms with van der Waals surface area (Å²) in [5.41, 5.74) is 4.41. The van der Waals surface area contributed by atoms with Crippen molar-refractivity contribution in [2.24, 2.45) is 29.4 Å². The van der Waals surface area contributed by atoms with Crippen LogP contribution in [-0.4, -0.2) is 69.9 Å². The quantitative estimate of drug-likeness (QED) is 0.517. The summed E-state index contributed by atoms with van der Waals surface area (Å²) >= 11 is 0. The Morgan fingerprint density at radius 1 is 1.14 bits per heavy atom. The van der Waals surface area contributed by atoms with Gasteiger partial charge in [-0.2, -0.15) is 0 Å². The number of hydrogen-bond acceptors (Lipinski definition) is 9. The van der Waals surface area contributed by atoms with Gasteiger partial charge in [-0.15, -0.1) is 0 Å². The lowest BCUT2D eigenvalue weighted by Gasteiger charge is -2.52. The number of nitrogens with zero attached hydrogens (tertiary/aromatic N) is 1. The normalized spacial score (nSPS) is 32.3. The van der Waals surface area contributed by atoms with E-state index in [4.69, 9.17) is 10.2 Å². The summed E-state index contributed by atoms with van der Waals surface area (Å²) in [6.07, 6.45) is 3.17. The minimum absolute atomic E-state index is 0.00434. The van der Waals surface area contributed by atoms with Crippen molar-refractivity contribution in [3.05, 3.63) is 41.9 Å². The minimum Gasteiger partial charge on any atom is -0.507 e. The van der Waals surface area contributed by atoms with Gasteiger partial charge < -0.3 is 20.4 Å². The topological polar surface area (TPSA) is 168 Å². The van der Waals surface area contributed by atoms with Crippen molar-refractivity contribution in [3.8, 4) is 16.9 Å². The van der Waals surface area contributed by atoms with Gasteiger partial charge in [0.15, 0.2) is 34.7 Å². The first-order valence-electron chi connectivity index (χ1n) is 11.2. The highest BCUT2D eigenvalue weighted by Crippen LogP contribution is 2.51. The number of phenols is 1. The fourth-order valence-corrected chi connectivity index (χ4v) is 6.29. The molecule has 182 valence electrons. The van der Waals surface area contributed by atoms with E-state index < -0.39 is 64.4 Å². The number of furan rings is 1. The number of Topliss-reactive ketones (excluding diaryl/α,β-unsaturated/α-hetero) is 4. The van der Waals surface area contributed by atoms with Gasteiger partial charge in [0, 0.05) is 11.5 Å². The Hall–Kier alpha value is -3.63. The number of aromatic hydroxyl groups is 1. The van der Waals surface area contributed by atoms with Crippen molar-refractivity contribution in [3.63, 3.8) is 0 Å². The maximum Gasteiger partial charge on any atom is 0.235 e. The average molecular weight is 480 g/mol. The molecule has 3 aliphatic carbocycles. The van der Waals surface area contributed by atoms with Crippen LogP contribution in [0.4, 0.5) is 0 Å². The molecule has 1 aromatic heterocycles. The number of amides is 1. The fourth-order valence-electron chi connectivity index (χ4n) is 6.29. The summed E-state index contributed by atoms with van der Waals surface area (Å²) in [7, 11) is 3.09. The van der Waals surface area contributed by atoms with Gasteiger partial charge in [-0.05, 0) is 56.1 Å². The second kappa shape index (κ2) is 7.69. The molecule has 0 aliphatic heterocycles. The first-order chi connectivity index (χ1) is 16.5. The zero-order valence-electron chi connectivity index (χ0n) is 19.1. The summed E-state index contributed by atoms with van der Waals surface area (Å²) in [5.74, 6) is -10.6. The molecule has 10 nitrogen and oxygen atoms in total. The van der Waals surface area contributed by atoms with E-state index >= 15 is 0 Å². The maximum absolute atomic E-state index is 13.7. The molecule has 5 rings (SSSR count). The molecule has 0 bridgehead atoms. The molecule has 2 fully saturated rings. The number of aliphatic hydroxyl groups is 1. The van der Waals surface area contributed by atoms with Gasteiger partial charge in [0.1, 0.15) is 5.75 Å². The van der Waals surface area contributed by atoms with E-state index in [9.17, 15) is 34.2 Å². The Labute approximate surface area is 199 Å². The van der Waals surface area contributed by atoms with Crippen LogP contribution in [0.3, 0.4) is 0 Å². The number of ketones is 4. The second-order valence-electron chi connectivity index (χ2n) is 9.79. The van der Waals surface area contributed by atoms with Crippen molar-refractivity contribution in [1.82, 2.24) is 4.90 Å². The van der Waals surface area contributed by atoms with Crippen LogP contribution < -0.4 is 5.73 Å². The van der Waals surface area contributed by atoms with E-state index in [1.54, 1.807) is 26.2 Å². The van der Waals surface area contributed by atoms with Gasteiger partial charge in [0.05, 0.1) is 30.0 Å². The molecule has 35 heavy (non-hydrogen) atoms. The third kappa shape index (κ3) is 2.99. The smallest absolute Gasteiger partial charge is 0.235 e. The Bertz CT molecular complexity index is 1300. The van der Waals surface area contributed by atoms with E-state index in [2.05, 4.69) is 0 Å². The predicted octanol–water partition coefficient (Wildman–Crippen LogP) is 0.127. The Morgan fingerprint density at radius 2 is 1.86 bits per heavy atom. The number of benzene rings is 1. The summed E-state index contributed by atoms with van der Waals surface area (Å²) in [5, 5.41) is 22.1. The van der Waals surface area contributed by atoms with E-state index in [-0.39, 0.29) is 24.2 Å². The lowest BCUT2D eigenvalue weighted by molar-refractivity contribution is -0.181. The van der Waals surface area contributed by atoms with Crippen LogP contribution >= 0.6 is 0 Å². The molecule has 10 heteroatoms. The molecule has 2 aromatic rings. The van der Waals surface area contributed by atoms with Crippen LogP contribution in [-0.2, 0) is 25.6 Å². The van der Waals surface area contributed by atoms with Gasteiger partial charge in [0.25, 0.3) is 0 Å². The number of carbonyl (C=O) groups excluding carboxylic acids is 5. The Morgan fingerprint density at radius 3 is 2.46 bits per heavy atom. The molecule has 3 aliphatic rings. The minimum atomic E-state index is -2.73. The molecule has 0 spiro atoms. The number of likely N-dealkylation sites (N-methyl/N-ethyl adjacent to an activating group) is 1. The summed E-state index contributed by atoms with van der Waals surface area (Å²) < 4.78 is 5.17. The molecule has 2 saturated carbocycles. The second-order valence-corrected chi connectivity index (χ2v) is 9.79. The van der Waals surface area contributed by atoms with Crippen LogP contribution in [0.15, 0.2) is 35.1 Å². The van der Waals surface area contributed by atoms with Crippen LogP contribution in [0.25, 0.3) is 11.1 Å². The zero-order valence-corrected chi connectivity index (χ0v) is 19.1. The highest BCUT2D eigenvalue weighted by Gasteiger charge is 2.69. The largest absolute Gasteiger partial charge is 0.507 e. The van der Waals surface area contributed by atoms with Crippen molar-refractivity contribution >= 4 is 29.0 Å². The molecule has 0 radical (unpaired) electrons. The molecule has 1 amide bonds. The van der Waals surface area contributed by atoms with E-state index in [1.165, 1.54) is 23.5 Å². The van der Waals surface area contributed by atoms with Crippen LogP contribution in [0, 0.1) is 23.7 Å². The van der Waals surface area contributed by atoms with Gasteiger partial charge in [-0.1, -0.05) is 6.07 Å². The molecule has 1 heterocycles. The van der Waals surface area contributed by atoms with Gasteiger partial charge in [-0.25, -0.2) is 0 Å². The third-order valence-electron chi connectivity index (χ3n) is 7.78. The standard InChI is InChI=1S/C25H24N2O8/c1-27(2)19-14-8-11-7-13-12(10-5-6-35-9-10)3-4-15(28)17(13)20(29)16(11)22(31)25(14,34)23(32)18(21(19)30)24(26)33/h3-6,9,11,14,16,18-19,28,34H,7-8H2,1-2H3,(H2,26,33)/t11-,14-,16?,18?,19-,25-/m1/s1. The van der Waals surface area contributed by atoms with Crippen LogP contribution in [0.5, 0.6) is 5.75 Å². The summed E-state index contributed by atoms with van der Waals surface area (Å²) in [6.45, 7) is 0. The lowest BCUT2D eigenvalue weighted by atomic mass is 9.52. The monoisotopic (exact) mass is 480 g/mol. The van der Waals surface area contributed by atoms with Crippen LogP contribution in [0.1, 0.15) is 22.3 Å². The molecular formula is C25H24N2O8. The molecular weight excluding hydrogens is 456 g/mol. The van der Waals surface area contributed by atoms with Gasteiger partial charge >= 0.3 is 0 Å². The number of hydrogen-bond donors (Lipinski definition) is 3. The van der Waals surface area contributed by atoms with Crippen molar-refractivity contribution in [2.45, 2.75) is 24.5 Å². The summed E-state index contributed by atoms with van der Waals surface area (Å²) in [6, 6.07) is 3.58. The number of phenolic OH excluding ortho intramolecular Hbond substituents is 1. The number of nitrogens with two attached hydrogens (primary N) is 1. The van der Waals surface area contributed by atoms with Crippen molar-refractivity contribution < 1.29 is 38.6 Å². The number of fused-ring (bicyclic) bond motifs is 3. The highest BCUT2D eigenvalue weighted by atomic mass is 16.3. The van der Waals surface area contributed by atoms with Crippen LogP contribution in [0.2, 0.25) is 0 Å². The third-order valence-corrected chi connectivity index (χ3v) is 7.78. The molecule has 1 aromatic carbocycles. The predicted molar refractivity (Wildman–Crippen MR) is 119 cm³/mol. The van der Waals surface area contributed by atoms with E-state index in [0.717, 1.165) is 0 Å². The first-order valence-corrected chi connectivity index (χ1v) is 11.2.